The molecule has 0 bridgehead atoms. The fraction of sp³-hybridized carbons (Fsp3) is 0.600. The molecule has 0 amide bonds. The largest absolute Gasteiger partial charge is 0.469 e. The van der Waals surface area contributed by atoms with E-state index in [1.807, 2.05) is 37.3 Å². The Hall–Kier alpha value is -2.50. The van der Waals surface area contributed by atoms with Gasteiger partial charge in [0.25, 0.3) is 0 Å². The van der Waals surface area contributed by atoms with Crippen LogP contribution >= 0.6 is 0 Å². The first-order valence-electron chi connectivity index (χ1n) is 11.1. The van der Waals surface area contributed by atoms with E-state index in [-0.39, 0.29) is 41.7 Å². The third-order valence-corrected chi connectivity index (χ3v) is 8.00. The Bertz CT molecular complexity index is 893. The fourth-order valence-electron chi connectivity index (χ4n) is 6.58. The van der Waals surface area contributed by atoms with Crippen LogP contribution < -0.4 is 0 Å². The van der Waals surface area contributed by atoms with Gasteiger partial charge in [-0.1, -0.05) is 37.3 Å². The Morgan fingerprint density at radius 1 is 1.10 bits per heavy atom. The highest BCUT2D eigenvalue weighted by Crippen LogP contribution is 2.60. The highest BCUT2D eigenvalue weighted by molar-refractivity contribution is 5.93. The number of esters is 2. The first-order valence-corrected chi connectivity index (χ1v) is 11.1. The second-order valence-electron chi connectivity index (χ2n) is 9.62. The molecule has 3 aliphatic carbocycles. The van der Waals surface area contributed by atoms with Crippen molar-refractivity contribution in [1.29, 1.82) is 0 Å². The number of ether oxygens (including phenoxy) is 2. The molecule has 0 saturated heterocycles. The highest BCUT2D eigenvalue weighted by atomic mass is 16.5. The maximum absolute atomic E-state index is 13.6. The summed E-state index contributed by atoms with van der Waals surface area (Å²) in [5, 5.41) is 0. The van der Waals surface area contributed by atoms with Crippen LogP contribution in [0.3, 0.4) is 0 Å². The van der Waals surface area contributed by atoms with Crippen molar-refractivity contribution in [1.82, 2.24) is 0 Å². The van der Waals surface area contributed by atoms with Crippen molar-refractivity contribution < 1.29 is 28.7 Å². The molecule has 7 atom stereocenters. The molecule has 0 aliphatic heterocycles. The van der Waals surface area contributed by atoms with Crippen molar-refractivity contribution in [2.75, 3.05) is 7.11 Å². The van der Waals surface area contributed by atoms with Gasteiger partial charge >= 0.3 is 11.9 Å². The van der Waals surface area contributed by atoms with E-state index >= 15 is 0 Å². The molecule has 0 aromatic heterocycles. The zero-order chi connectivity index (χ0) is 22.3. The number of hydrogen-bond donors (Lipinski definition) is 0. The van der Waals surface area contributed by atoms with Gasteiger partial charge in [-0.05, 0) is 42.1 Å². The summed E-state index contributed by atoms with van der Waals surface area (Å²) in [5.41, 5.74) is 0.492. The molecule has 4 rings (SSSR count). The van der Waals surface area contributed by atoms with Crippen molar-refractivity contribution in [3.8, 4) is 0 Å². The lowest BCUT2D eigenvalue weighted by molar-refractivity contribution is -0.183. The Labute approximate surface area is 182 Å². The van der Waals surface area contributed by atoms with Crippen LogP contribution in [-0.2, 0) is 28.7 Å². The van der Waals surface area contributed by atoms with E-state index in [4.69, 9.17) is 9.47 Å². The van der Waals surface area contributed by atoms with E-state index in [9.17, 15) is 19.2 Å². The van der Waals surface area contributed by atoms with Gasteiger partial charge in [0.1, 0.15) is 5.78 Å². The molecule has 3 aliphatic rings. The molecule has 7 unspecified atom stereocenters. The van der Waals surface area contributed by atoms with Gasteiger partial charge in [-0.2, -0.15) is 0 Å². The number of carbonyl (C=O) groups excluding carboxylic acids is 4. The van der Waals surface area contributed by atoms with E-state index in [2.05, 4.69) is 0 Å². The standard InChI is InChI=1S/C25H30O6/c1-14(26)31-21-13-19(24(29)30-3)25(2)10-9-17-18(22(25)23(21)28)11-16(12-20(17)27)15-7-5-4-6-8-15/h4-8,16-19,21-22H,9-13H2,1-3H3. The molecule has 0 N–H and O–H groups in total. The number of hydrogen-bond acceptors (Lipinski definition) is 6. The summed E-state index contributed by atoms with van der Waals surface area (Å²) in [4.78, 5) is 51.2. The van der Waals surface area contributed by atoms with Crippen LogP contribution in [0.4, 0.5) is 0 Å². The van der Waals surface area contributed by atoms with Crippen molar-refractivity contribution in [3.05, 3.63) is 35.9 Å². The van der Waals surface area contributed by atoms with Gasteiger partial charge in [0, 0.05) is 31.6 Å². The van der Waals surface area contributed by atoms with E-state index in [1.54, 1.807) is 0 Å². The third kappa shape index (κ3) is 3.70. The summed E-state index contributed by atoms with van der Waals surface area (Å²) in [6.07, 6.45) is 1.66. The second kappa shape index (κ2) is 8.21. The zero-order valence-corrected chi connectivity index (χ0v) is 18.3. The quantitative estimate of drug-likeness (QED) is 0.688. The highest BCUT2D eigenvalue weighted by Gasteiger charge is 2.62. The maximum atomic E-state index is 13.6. The van der Waals surface area contributed by atoms with Crippen LogP contribution in [0, 0.1) is 29.1 Å². The van der Waals surface area contributed by atoms with Gasteiger partial charge in [-0.15, -0.1) is 0 Å². The van der Waals surface area contributed by atoms with Crippen LogP contribution in [0.1, 0.15) is 57.4 Å². The number of Topliss-reactive ketones (excluding diaryl/α,β-unsaturated/α-hetero) is 2. The summed E-state index contributed by atoms with van der Waals surface area (Å²) in [5.74, 6) is -2.22. The molecule has 166 valence electrons. The number of ketones is 2. The lowest BCUT2D eigenvalue weighted by atomic mass is 9.46. The minimum Gasteiger partial charge on any atom is -0.469 e. The van der Waals surface area contributed by atoms with Gasteiger partial charge < -0.3 is 9.47 Å². The smallest absolute Gasteiger partial charge is 0.309 e. The van der Waals surface area contributed by atoms with Crippen LogP contribution in [0.25, 0.3) is 0 Å². The van der Waals surface area contributed by atoms with Crippen molar-refractivity contribution >= 4 is 23.5 Å². The SMILES string of the molecule is COC(=O)C1CC(OC(C)=O)C(=O)C2C3CC(c4ccccc4)CC(=O)C3CCC12C. The molecule has 1 aromatic rings. The minimum absolute atomic E-state index is 0.0516. The van der Waals surface area contributed by atoms with E-state index in [0.29, 0.717) is 25.7 Å². The van der Waals surface area contributed by atoms with Crippen molar-refractivity contribution in [3.63, 3.8) is 0 Å². The summed E-state index contributed by atoms with van der Waals surface area (Å²) in [6, 6.07) is 9.94. The molecule has 31 heavy (non-hydrogen) atoms. The first-order chi connectivity index (χ1) is 14.8. The van der Waals surface area contributed by atoms with Crippen molar-refractivity contribution in [2.24, 2.45) is 29.1 Å². The van der Waals surface area contributed by atoms with Crippen LogP contribution in [0.15, 0.2) is 30.3 Å². The average molecular weight is 427 g/mol. The summed E-state index contributed by atoms with van der Waals surface area (Å²) in [7, 11) is 1.35. The molecule has 3 fully saturated rings. The van der Waals surface area contributed by atoms with Gasteiger partial charge in [0.05, 0.1) is 13.0 Å². The summed E-state index contributed by atoms with van der Waals surface area (Å²) < 4.78 is 10.4. The number of benzene rings is 1. The van der Waals surface area contributed by atoms with Gasteiger partial charge in [0.2, 0.25) is 0 Å². The monoisotopic (exact) mass is 426 g/mol. The maximum Gasteiger partial charge on any atom is 0.309 e. The van der Waals surface area contributed by atoms with Gasteiger partial charge in [-0.3, -0.25) is 19.2 Å². The molecular formula is C25H30O6. The van der Waals surface area contributed by atoms with Crippen LogP contribution in [0.2, 0.25) is 0 Å². The predicted molar refractivity (Wildman–Crippen MR) is 112 cm³/mol. The molecule has 1 aromatic carbocycles. The second-order valence-corrected chi connectivity index (χ2v) is 9.62. The first kappa shape index (κ1) is 21.7. The molecule has 6 nitrogen and oxygen atoms in total. The molecule has 0 spiro atoms. The summed E-state index contributed by atoms with van der Waals surface area (Å²) >= 11 is 0. The third-order valence-electron chi connectivity index (χ3n) is 8.00. The Balaban J connectivity index is 1.73. The van der Waals surface area contributed by atoms with Crippen LogP contribution in [0.5, 0.6) is 0 Å². The fourth-order valence-corrected chi connectivity index (χ4v) is 6.58. The van der Waals surface area contributed by atoms with Gasteiger partial charge in [-0.25, -0.2) is 0 Å². The molecule has 3 saturated carbocycles. The van der Waals surface area contributed by atoms with E-state index < -0.39 is 29.3 Å². The lowest BCUT2D eigenvalue weighted by Crippen LogP contribution is -2.60. The lowest BCUT2D eigenvalue weighted by Gasteiger charge is -2.56. The Morgan fingerprint density at radius 3 is 2.45 bits per heavy atom. The number of fused-ring (bicyclic) bond motifs is 3. The number of methoxy groups -OCH3 is 1. The molecule has 0 radical (unpaired) electrons. The van der Waals surface area contributed by atoms with Crippen LogP contribution in [-0.4, -0.2) is 36.7 Å². The molecular weight excluding hydrogens is 396 g/mol. The van der Waals surface area contributed by atoms with Crippen molar-refractivity contribution in [2.45, 2.75) is 58.0 Å². The molecule has 0 heterocycles. The van der Waals surface area contributed by atoms with Gasteiger partial charge in [0.15, 0.2) is 11.9 Å². The number of rotatable bonds is 3. The minimum atomic E-state index is -0.967. The zero-order valence-electron chi connectivity index (χ0n) is 18.3. The predicted octanol–water partition coefficient (Wildman–Crippen LogP) is 3.48. The topological polar surface area (TPSA) is 86.7 Å². The Kier molecular flexibility index (Phi) is 5.75. The number of carbonyl (C=O) groups is 4. The van der Waals surface area contributed by atoms with E-state index in [0.717, 1.165) is 5.56 Å². The van der Waals surface area contributed by atoms with E-state index in [1.165, 1.54) is 14.0 Å². The average Bonchev–Trinajstić information content (AvgIpc) is 2.75. The Morgan fingerprint density at radius 2 is 1.81 bits per heavy atom. The summed E-state index contributed by atoms with van der Waals surface area (Å²) in [6.45, 7) is 3.25. The molecule has 6 heteroatoms. The normalized spacial score (nSPS) is 37.4.